The minimum Gasteiger partial charge on any atom is -0.338 e. The van der Waals surface area contributed by atoms with Gasteiger partial charge in [0, 0.05) is 44.5 Å². The topological polar surface area (TPSA) is 53.5 Å². The van der Waals surface area contributed by atoms with E-state index in [-0.39, 0.29) is 17.7 Å². The van der Waals surface area contributed by atoms with E-state index in [2.05, 4.69) is 11.6 Å². The number of hydrogen-bond donors (Lipinski definition) is 0. The summed E-state index contributed by atoms with van der Waals surface area (Å²) in [6.45, 7) is 7.86. The Morgan fingerprint density at radius 1 is 1.48 bits per heavy atom. The summed E-state index contributed by atoms with van der Waals surface area (Å²) in [5.74, 6) is -0.105. The van der Waals surface area contributed by atoms with Crippen LogP contribution < -0.4 is 0 Å². The lowest BCUT2D eigenvalue weighted by Crippen LogP contribution is -2.34. The van der Waals surface area contributed by atoms with Crippen LogP contribution in [-0.2, 0) is 22.7 Å². The molecule has 5 heteroatoms. The van der Waals surface area contributed by atoms with Gasteiger partial charge >= 0.3 is 0 Å². The van der Waals surface area contributed by atoms with Gasteiger partial charge in [0.15, 0.2) is 0 Å². The molecular weight excluding hydrogens is 266 g/mol. The summed E-state index contributed by atoms with van der Waals surface area (Å²) in [7, 11) is 0. The molecule has 0 aromatic carbocycles. The molecule has 0 spiro atoms. The average molecular weight is 285 g/mol. The molecule has 0 radical (unpaired) electrons. The Kier molecular flexibility index (Phi) is 3.49. The SMILES string of the molecule is C=CCN1CC(C(=O)N2Cc3cnc(C)cc3C2)CC1=O. The molecule has 0 saturated carbocycles. The molecule has 21 heavy (non-hydrogen) atoms. The van der Waals surface area contributed by atoms with Crippen LogP contribution in [0.4, 0.5) is 0 Å². The molecule has 1 aromatic rings. The van der Waals surface area contributed by atoms with Crippen LogP contribution in [0.3, 0.4) is 0 Å². The molecule has 5 nitrogen and oxygen atoms in total. The Morgan fingerprint density at radius 2 is 2.24 bits per heavy atom. The van der Waals surface area contributed by atoms with Crippen LogP contribution in [0.5, 0.6) is 0 Å². The van der Waals surface area contributed by atoms with E-state index in [9.17, 15) is 9.59 Å². The summed E-state index contributed by atoms with van der Waals surface area (Å²) in [4.78, 5) is 32.3. The van der Waals surface area contributed by atoms with Crippen molar-refractivity contribution in [2.45, 2.75) is 26.4 Å². The number of rotatable bonds is 3. The highest BCUT2D eigenvalue weighted by atomic mass is 16.2. The third kappa shape index (κ3) is 2.55. The molecule has 1 fully saturated rings. The molecule has 0 bridgehead atoms. The molecule has 0 N–H and O–H groups in total. The lowest BCUT2D eigenvalue weighted by Gasteiger charge is -2.20. The number of likely N-dealkylation sites (tertiary alicyclic amines) is 1. The van der Waals surface area contributed by atoms with Gasteiger partial charge in [0.2, 0.25) is 11.8 Å². The zero-order valence-electron chi connectivity index (χ0n) is 12.2. The van der Waals surface area contributed by atoms with E-state index < -0.39 is 0 Å². The van der Waals surface area contributed by atoms with Gasteiger partial charge in [0.25, 0.3) is 0 Å². The molecule has 1 aromatic heterocycles. The van der Waals surface area contributed by atoms with Crippen LogP contribution in [0.1, 0.15) is 23.2 Å². The number of aromatic nitrogens is 1. The minimum absolute atomic E-state index is 0.0440. The first-order valence-corrected chi connectivity index (χ1v) is 7.20. The van der Waals surface area contributed by atoms with Gasteiger partial charge in [-0.1, -0.05) is 6.08 Å². The van der Waals surface area contributed by atoms with E-state index in [0.717, 1.165) is 11.3 Å². The first-order chi connectivity index (χ1) is 10.1. The fourth-order valence-corrected chi connectivity index (χ4v) is 3.09. The number of fused-ring (bicyclic) bond motifs is 1. The normalized spacial score (nSPS) is 20.8. The van der Waals surface area contributed by atoms with Crippen LogP contribution in [-0.4, -0.2) is 39.7 Å². The van der Waals surface area contributed by atoms with E-state index in [4.69, 9.17) is 0 Å². The van der Waals surface area contributed by atoms with Crippen molar-refractivity contribution >= 4 is 11.8 Å². The van der Waals surface area contributed by atoms with Gasteiger partial charge in [-0.15, -0.1) is 6.58 Å². The Balaban J connectivity index is 1.68. The number of pyridine rings is 1. The standard InChI is InChI=1S/C16H19N3O2/c1-3-4-18-9-13(6-15(18)20)16(21)19-8-12-5-11(2)17-7-14(12)10-19/h3,5,7,13H,1,4,6,8-10H2,2H3. The molecule has 1 unspecified atom stereocenters. The maximum Gasteiger partial charge on any atom is 0.228 e. The zero-order chi connectivity index (χ0) is 15.0. The largest absolute Gasteiger partial charge is 0.338 e. The predicted molar refractivity (Wildman–Crippen MR) is 78.1 cm³/mol. The Labute approximate surface area is 124 Å². The monoisotopic (exact) mass is 285 g/mol. The second-order valence-electron chi connectivity index (χ2n) is 5.78. The smallest absolute Gasteiger partial charge is 0.228 e. The third-order valence-corrected chi connectivity index (χ3v) is 4.17. The van der Waals surface area contributed by atoms with E-state index in [1.54, 1.807) is 11.0 Å². The summed E-state index contributed by atoms with van der Waals surface area (Å²) in [6.07, 6.45) is 3.86. The van der Waals surface area contributed by atoms with Crippen molar-refractivity contribution in [1.82, 2.24) is 14.8 Å². The summed E-state index contributed by atoms with van der Waals surface area (Å²) in [5, 5.41) is 0. The van der Waals surface area contributed by atoms with Gasteiger partial charge in [-0.05, 0) is 24.1 Å². The lowest BCUT2D eigenvalue weighted by molar-refractivity contribution is -0.136. The van der Waals surface area contributed by atoms with E-state index in [0.29, 0.717) is 32.6 Å². The molecule has 1 saturated heterocycles. The quantitative estimate of drug-likeness (QED) is 0.786. The van der Waals surface area contributed by atoms with Crippen molar-refractivity contribution in [3.05, 3.63) is 41.7 Å². The number of carbonyl (C=O) groups excluding carboxylic acids is 2. The van der Waals surface area contributed by atoms with Crippen molar-refractivity contribution in [1.29, 1.82) is 0 Å². The minimum atomic E-state index is -0.221. The summed E-state index contributed by atoms with van der Waals surface area (Å²) >= 11 is 0. The van der Waals surface area contributed by atoms with Crippen LogP contribution in [0.2, 0.25) is 0 Å². The maximum atomic E-state index is 12.6. The molecular formula is C16H19N3O2. The summed E-state index contributed by atoms with van der Waals surface area (Å²) in [5.41, 5.74) is 3.25. The highest BCUT2D eigenvalue weighted by molar-refractivity contribution is 5.89. The fourth-order valence-electron chi connectivity index (χ4n) is 3.09. The van der Waals surface area contributed by atoms with Crippen LogP contribution in [0.25, 0.3) is 0 Å². The van der Waals surface area contributed by atoms with Crippen molar-refractivity contribution in [2.24, 2.45) is 5.92 Å². The molecule has 1 atom stereocenters. The summed E-state index contributed by atoms with van der Waals surface area (Å²) in [6, 6.07) is 2.03. The highest BCUT2D eigenvalue weighted by Gasteiger charge is 2.37. The van der Waals surface area contributed by atoms with Crippen molar-refractivity contribution in [3.63, 3.8) is 0 Å². The van der Waals surface area contributed by atoms with Crippen LogP contribution >= 0.6 is 0 Å². The third-order valence-electron chi connectivity index (χ3n) is 4.17. The highest BCUT2D eigenvalue weighted by Crippen LogP contribution is 2.27. The van der Waals surface area contributed by atoms with Crippen LogP contribution in [0, 0.1) is 12.8 Å². The Bertz CT molecular complexity index is 612. The number of aryl methyl sites for hydroxylation is 1. The van der Waals surface area contributed by atoms with Gasteiger partial charge in [-0.25, -0.2) is 0 Å². The number of nitrogens with zero attached hydrogens (tertiary/aromatic N) is 3. The van der Waals surface area contributed by atoms with Crippen molar-refractivity contribution in [3.8, 4) is 0 Å². The van der Waals surface area contributed by atoms with Gasteiger partial charge in [-0.2, -0.15) is 0 Å². The predicted octanol–water partition coefficient (Wildman–Crippen LogP) is 1.27. The van der Waals surface area contributed by atoms with E-state index >= 15 is 0 Å². The zero-order valence-corrected chi connectivity index (χ0v) is 12.2. The average Bonchev–Trinajstić information content (AvgIpc) is 3.02. The van der Waals surface area contributed by atoms with E-state index in [1.807, 2.05) is 24.1 Å². The van der Waals surface area contributed by atoms with E-state index in [1.165, 1.54) is 5.56 Å². The lowest BCUT2D eigenvalue weighted by atomic mass is 10.1. The molecule has 3 heterocycles. The van der Waals surface area contributed by atoms with Crippen molar-refractivity contribution < 1.29 is 9.59 Å². The van der Waals surface area contributed by atoms with Gasteiger partial charge in [0.1, 0.15) is 0 Å². The van der Waals surface area contributed by atoms with Gasteiger partial charge in [0.05, 0.1) is 5.92 Å². The number of amides is 2. The number of carbonyl (C=O) groups is 2. The Morgan fingerprint density at radius 3 is 3.00 bits per heavy atom. The molecule has 3 rings (SSSR count). The molecule has 0 aliphatic carbocycles. The molecule has 2 aliphatic rings. The second kappa shape index (κ2) is 5.31. The molecule has 110 valence electrons. The molecule has 2 aliphatic heterocycles. The van der Waals surface area contributed by atoms with Gasteiger partial charge in [-0.3, -0.25) is 14.6 Å². The maximum absolute atomic E-state index is 12.6. The summed E-state index contributed by atoms with van der Waals surface area (Å²) < 4.78 is 0. The molecule has 2 amide bonds. The number of hydrogen-bond acceptors (Lipinski definition) is 3. The Hall–Kier alpha value is -2.17. The first-order valence-electron chi connectivity index (χ1n) is 7.20. The van der Waals surface area contributed by atoms with Gasteiger partial charge < -0.3 is 9.80 Å². The van der Waals surface area contributed by atoms with Crippen molar-refractivity contribution in [2.75, 3.05) is 13.1 Å². The fraction of sp³-hybridized carbons (Fsp3) is 0.438. The van der Waals surface area contributed by atoms with Crippen LogP contribution in [0.15, 0.2) is 24.9 Å². The first kappa shape index (κ1) is 13.8. The second-order valence-corrected chi connectivity index (χ2v) is 5.78.